The summed E-state index contributed by atoms with van der Waals surface area (Å²) in [4.78, 5) is 2.29. The standard InChI is InChI=1S/C18H23FN2S/c1-21(17(22)20-16-4-2-3-15(19)8-16)18-9-12-5-13(10-18)7-14(6-12)11-18/h2-4,8,12-14H,5-7,9-11H2,1H3,(H,20,22). The van der Waals surface area contributed by atoms with Gasteiger partial charge >= 0.3 is 0 Å². The van der Waals surface area contributed by atoms with Gasteiger partial charge in [-0.3, -0.25) is 0 Å². The zero-order valence-electron chi connectivity index (χ0n) is 13.0. The molecule has 22 heavy (non-hydrogen) atoms. The normalized spacial score (nSPS) is 35.5. The Labute approximate surface area is 137 Å². The second-order valence-corrected chi connectivity index (χ2v) is 8.03. The topological polar surface area (TPSA) is 15.3 Å². The minimum Gasteiger partial charge on any atom is -0.346 e. The molecular weight excluding hydrogens is 295 g/mol. The van der Waals surface area contributed by atoms with Crippen molar-refractivity contribution in [3.63, 3.8) is 0 Å². The van der Waals surface area contributed by atoms with E-state index in [0.717, 1.165) is 28.6 Å². The van der Waals surface area contributed by atoms with Crippen LogP contribution in [0.3, 0.4) is 0 Å². The van der Waals surface area contributed by atoms with Gasteiger partial charge in [-0.2, -0.15) is 0 Å². The van der Waals surface area contributed by atoms with Crippen LogP contribution in [0.4, 0.5) is 10.1 Å². The summed E-state index contributed by atoms with van der Waals surface area (Å²) >= 11 is 5.63. The van der Waals surface area contributed by atoms with E-state index in [1.807, 2.05) is 6.07 Å². The van der Waals surface area contributed by atoms with Crippen LogP contribution in [0.2, 0.25) is 0 Å². The third-order valence-corrected chi connectivity index (χ3v) is 6.47. The first-order valence-electron chi connectivity index (χ1n) is 8.34. The van der Waals surface area contributed by atoms with Crippen LogP contribution in [0.25, 0.3) is 0 Å². The van der Waals surface area contributed by atoms with Gasteiger partial charge < -0.3 is 10.2 Å². The SMILES string of the molecule is CN(C(=S)Nc1cccc(F)c1)C12CC3CC(CC(C3)C1)C2. The largest absolute Gasteiger partial charge is 0.346 e. The maximum atomic E-state index is 13.3. The van der Waals surface area contributed by atoms with Gasteiger partial charge in [0.05, 0.1) is 0 Å². The number of rotatable bonds is 2. The molecule has 118 valence electrons. The maximum absolute atomic E-state index is 13.3. The van der Waals surface area contributed by atoms with E-state index in [-0.39, 0.29) is 11.4 Å². The highest BCUT2D eigenvalue weighted by atomic mass is 32.1. The molecule has 0 heterocycles. The Morgan fingerprint density at radius 1 is 1.18 bits per heavy atom. The van der Waals surface area contributed by atoms with E-state index in [9.17, 15) is 4.39 Å². The van der Waals surface area contributed by atoms with Crippen LogP contribution in [-0.4, -0.2) is 22.6 Å². The van der Waals surface area contributed by atoms with Crippen molar-refractivity contribution in [3.8, 4) is 0 Å². The molecule has 0 spiro atoms. The summed E-state index contributed by atoms with van der Waals surface area (Å²) in [6, 6.07) is 6.53. The molecule has 2 nitrogen and oxygen atoms in total. The second-order valence-electron chi connectivity index (χ2n) is 7.64. The number of hydrogen-bond acceptors (Lipinski definition) is 1. The fraction of sp³-hybridized carbons (Fsp3) is 0.611. The minimum absolute atomic E-state index is 0.231. The highest BCUT2D eigenvalue weighted by Crippen LogP contribution is 2.57. The lowest BCUT2D eigenvalue weighted by molar-refractivity contribution is -0.0538. The molecule has 4 aliphatic rings. The van der Waals surface area contributed by atoms with Crippen LogP contribution in [0.5, 0.6) is 0 Å². The van der Waals surface area contributed by atoms with Gasteiger partial charge in [-0.25, -0.2) is 4.39 Å². The third-order valence-electron chi connectivity index (χ3n) is 6.10. The Morgan fingerprint density at radius 3 is 2.32 bits per heavy atom. The molecule has 4 saturated carbocycles. The van der Waals surface area contributed by atoms with Crippen molar-refractivity contribution < 1.29 is 4.39 Å². The van der Waals surface area contributed by atoms with Crippen molar-refractivity contribution in [2.24, 2.45) is 17.8 Å². The highest BCUT2D eigenvalue weighted by molar-refractivity contribution is 7.80. The first kappa shape index (κ1) is 14.4. The minimum atomic E-state index is -0.231. The van der Waals surface area contributed by atoms with Gasteiger partial charge in [0.15, 0.2) is 5.11 Å². The van der Waals surface area contributed by atoms with E-state index in [0.29, 0.717) is 0 Å². The molecule has 0 saturated heterocycles. The van der Waals surface area contributed by atoms with Crippen molar-refractivity contribution in [1.29, 1.82) is 0 Å². The zero-order chi connectivity index (χ0) is 15.3. The molecule has 5 rings (SSSR count). The summed E-state index contributed by atoms with van der Waals surface area (Å²) in [5, 5.41) is 3.95. The van der Waals surface area contributed by atoms with Crippen LogP contribution in [0.1, 0.15) is 38.5 Å². The molecule has 1 aromatic rings. The lowest BCUT2D eigenvalue weighted by Crippen LogP contribution is -2.60. The van der Waals surface area contributed by atoms with Crippen molar-refractivity contribution in [3.05, 3.63) is 30.1 Å². The fourth-order valence-electron chi connectivity index (χ4n) is 5.46. The van der Waals surface area contributed by atoms with Crippen molar-refractivity contribution >= 4 is 23.0 Å². The van der Waals surface area contributed by atoms with E-state index in [1.165, 1.54) is 50.7 Å². The van der Waals surface area contributed by atoms with E-state index in [4.69, 9.17) is 12.2 Å². The Morgan fingerprint density at radius 2 is 1.77 bits per heavy atom. The van der Waals surface area contributed by atoms with Crippen LogP contribution in [0.15, 0.2) is 24.3 Å². The number of anilines is 1. The second kappa shape index (κ2) is 5.19. The van der Waals surface area contributed by atoms with E-state index in [1.54, 1.807) is 6.07 Å². The fourth-order valence-corrected chi connectivity index (χ4v) is 5.78. The number of hydrogen-bond donors (Lipinski definition) is 1. The lowest BCUT2D eigenvalue weighted by atomic mass is 9.52. The molecule has 1 aromatic carbocycles. The van der Waals surface area contributed by atoms with Gasteiger partial charge in [-0.05, 0) is 86.7 Å². The molecule has 4 bridgehead atoms. The Hall–Kier alpha value is -1.16. The van der Waals surface area contributed by atoms with Crippen LogP contribution in [-0.2, 0) is 0 Å². The highest BCUT2D eigenvalue weighted by Gasteiger charge is 2.53. The molecule has 4 heteroatoms. The summed E-state index contributed by atoms with van der Waals surface area (Å²) < 4.78 is 13.3. The number of thiocarbonyl (C=S) groups is 1. The number of halogens is 1. The van der Waals surface area contributed by atoms with Gasteiger partial charge in [0.25, 0.3) is 0 Å². The monoisotopic (exact) mass is 318 g/mol. The Kier molecular flexibility index (Phi) is 3.40. The number of benzene rings is 1. The maximum Gasteiger partial charge on any atom is 0.173 e. The van der Waals surface area contributed by atoms with Crippen LogP contribution >= 0.6 is 12.2 Å². The molecule has 4 aliphatic carbocycles. The summed E-state index contributed by atoms with van der Waals surface area (Å²) in [6.45, 7) is 0. The summed E-state index contributed by atoms with van der Waals surface area (Å²) in [7, 11) is 2.13. The zero-order valence-corrected chi connectivity index (χ0v) is 13.8. The molecule has 0 amide bonds. The van der Waals surface area contributed by atoms with Crippen molar-refractivity contribution in [2.75, 3.05) is 12.4 Å². The van der Waals surface area contributed by atoms with Gasteiger partial charge in [0, 0.05) is 18.3 Å². The molecule has 0 aliphatic heterocycles. The lowest BCUT2D eigenvalue weighted by Gasteiger charge is -2.60. The average Bonchev–Trinajstić information content (AvgIpc) is 2.45. The van der Waals surface area contributed by atoms with E-state index >= 15 is 0 Å². The van der Waals surface area contributed by atoms with Crippen LogP contribution in [0, 0.1) is 23.6 Å². The third kappa shape index (κ3) is 2.41. The van der Waals surface area contributed by atoms with Crippen molar-refractivity contribution in [1.82, 2.24) is 4.90 Å². The number of nitrogens with zero attached hydrogens (tertiary/aromatic N) is 1. The van der Waals surface area contributed by atoms with E-state index < -0.39 is 0 Å². The van der Waals surface area contributed by atoms with Gasteiger partial charge in [0.1, 0.15) is 5.82 Å². The van der Waals surface area contributed by atoms with E-state index in [2.05, 4.69) is 17.3 Å². The molecule has 0 aromatic heterocycles. The number of nitrogens with one attached hydrogen (secondary N) is 1. The molecule has 0 radical (unpaired) electrons. The molecular formula is C18H23FN2S. The van der Waals surface area contributed by atoms with Gasteiger partial charge in [-0.15, -0.1) is 0 Å². The van der Waals surface area contributed by atoms with Gasteiger partial charge in [-0.1, -0.05) is 6.07 Å². The summed E-state index contributed by atoms with van der Waals surface area (Å²) in [5.74, 6) is 2.45. The predicted octanol–water partition coefficient (Wildman–Crippen LogP) is 4.42. The first-order chi connectivity index (χ1) is 10.5. The first-order valence-corrected chi connectivity index (χ1v) is 8.75. The molecule has 1 N–H and O–H groups in total. The Balaban J connectivity index is 1.51. The average molecular weight is 318 g/mol. The van der Waals surface area contributed by atoms with Gasteiger partial charge in [0.2, 0.25) is 0 Å². The quantitative estimate of drug-likeness (QED) is 0.813. The molecule has 4 fully saturated rings. The molecule has 0 unspecified atom stereocenters. The summed E-state index contributed by atoms with van der Waals surface area (Å²) in [5.41, 5.74) is 0.980. The molecule has 0 atom stereocenters. The smallest absolute Gasteiger partial charge is 0.173 e. The van der Waals surface area contributed by atoms with Crippen molar-refractivity contribution in [2.45, 2.75) is 44.1 Å². The Bertz CT molecular complexity index is 565. The predicted molar refractivity (Wildman–Crippen MR) is 91.3 cm³/mol. The van der Waals surface area contributed by atoms with Crippen LogP contribution < -0.4 is 5.32 Å². The summed E-state index contributed by atoms with van der Waals surface area (Å²) in [6.07, 6.45) is 8.12.